The standard InChI is InChI=1S/C24H29N3O2/c28-23(25-21-10-12-22(13-11-21)26-14-5-6-15-26)19-8-7-9-20(18-19)24(29)27-16-3-1-2-4-17-27/h7-13,18H,1-6,14-17H2,(H,25,28). The highest BCUT2D eigenvalue weighted by atomic mass is 16.2. The molecule has 0 bridgehead atoms. The summed E-state index contributed by atoms with van der Waals surface area (Å²) >= 11 is 0. The van der Waals surface area contributed by atoms with E-state index in [0.717, 1.165) is 44.7 Å². The third kappa shape index (κ3) is 4.78. The number of carbonyl (C=O) groups excluding carboxylic acids is 2. The van der Waals surface area contributed by atoms with Gasteiger partial charge in [-0.3, -0.25) is 9.59 Å². The zero-order valence-electron chi connectivity index (χ0n) is 16.9. The van der Waals surface area contributed by atoms with Crippen molar-refractivity contribution in [3.8, 4) is 0 Å². The number of hydrogen-bond donors (Lipinski definition) is 1. The van der Waals surface area contributed by atoms with Crippen LogP contribution in [0, 0.1) is 0 Å². The summed E-state index contributed by atoms with van der Waals surface area (Å²) in [4.78, 5) is 29.8. The molecule has 2 aromatic carbocycles. The molecule has 0 aliphatic carbocycles. The smallest absolute Gasteiger partial charge is 0.255 e. The summed E-state index contributed by atoms with van der Waals surface area (Å²) in [5.74, 6) is -0.166. The Hall–Kier alpha value is -2.82. The second-order valence-corrected chi connectivity index (χ2v) is 7.98. The second kappa shape index (κ2) is 9.12. The van der Waals surface area contributed by atoms with Crippen LogP contribution in [0.15, 0.2) is 48.5 Å². The molecule has 5 heteroatoms. The largest absolute Gasteiger partial charge is 0.372 e. The SMILES string of the molecule is O=C(Nc1ccc(N2CCCC2)cc1)c1cccc(C(=O)N2CCCCCC2)c1. The van der Waals surface area contributed by atoms with Crippen molar-refractivity contribution in [3.05, 3.63) is 59.7 Å². The number of rotatable bonds is 4. The van der Waals surface area contributed by atoms with E-state index < -0.39 is 0 Å². The van der Waals surface area contributed by atoms with Gasteiger partial charge in [-0.05, 0) is 68.1 Å². The van der Waals surface area contributed by atoms with E-state index >= 15 is 0 Å². The van der Waals surface area contributed by atoms with Crippen molar-refractivity contribution in [2.75, 3.05) is 36.4 Å². The van der Waals surface area contributed by atoms with Gasteiger partial charge in [-0.25, -0.2) is 0 Å². The highest BCUT2D eigenvalue weighted by molar-refractivity contribution is 6.06. The summed E-state index contributed by atoms with van der Waals surface area (Å²) in [6.07, 6.45) is 6.96. The molecule has 29 heavy (non-hydrogen) atoms. The van der Waals surface area contributed by atoms with Crippen molar-refractivity contribution < 1.29 is 9.59 Å². The van der Waals surface area contributed by atoms with Crippen LogP contribution in [0.3, 0.4) is 0 Å². The van der Waals surface area contributed by atoms with Gasteiger partial charge in [0.25, 0.3) is 11.8 Å². The first-order valence-corrected chi connectivity index (χ1v) is 10.8. The molecule has 0 saturated carbocycles. The number of nitrogens with zero attached hydrogens (tertiary/aromatic N) is 2. The van der Waals surface area contributed by atoms with Crippen LogP contribution in [-0.4, -0.2) is 42.9 Å². The molecule has 1 N–H and O–H groups in total. The summed E-state index contributed by atoms with van der Waals surface area (Å²) in [6.45, 7) is 3.81. The fraction of sp³-hybridized carbons (Fsp3) is 0.417. The van der Waals surface area contributed by atoms with Crippen molar-refractivity contribution in [1.29, 1.82) is 0 Å². The Morgan fingerprint density at radius 3 is 2.03 bits per heavy atom. The highest BCUT2D eigenvalue weighted by Crippen LogP contribution is 2.22. The summed E-state index contributed by atoms with van der Waals surface area (Å²) in [5.41, 5.74) is 3.06. The number of anilines is 2. The summed E-state index contributed by atoms with van der Waals surface area (Å²) < 4.78 is 0. The Balaban J connectivity index is 1.42. The molecule has 0 unspecified atom stereocenters. The van der Waals surface area contributed by atoms with Gasteiger partial charge >= 0.3 is 0 Å². The fourth-order valence-corrected chi connectivity index (χ4v) is 4.18. The lowest BCUT2D eigenvalue weighted by atomic mass is 10.1. The van der Waals surface area contributed by atoms with E-state index in [2.05, 4.69) is 22.3 Å². The molecule has 2 aliphatic heterocycles. The number of benzene rings is 2. The normalized spacial score (nSPS) is 17.1. The average Bonchev–Trinajstić information content (AvgIpc) is 3.16. The van der Waals surface area contributed by atoms with Gasteiger partial charge in [0, 0.05) is 48.7 Å². The molecule has 2 amide bonds. The lowest BCUT2D eigenvalue weighted by molar-refractivity contribution is 0.0761. The second-order valence-electron chi connectivity index (χ2n) is 7.98. The molecule has 2 saturated heterocycles. The van der Waals surface area contributed by atoms with Gasteiger partial charge in [0.1, 0.15) is 0 Å². The van der Waals surface area contributed by atoms with E-state index in [1.165, 1.54) is 31.4 Å². The van der Waals surface area contributed by atoms with Gasteiger partial charge in [-0.1, -0.05) is 18.9 Å². The van der Waals surface area contributed by atoms with E-state index in [-0.39, 0.29) is 11.8 Å². The summed E-state index contributed by atoms with van der Waals surface area (Å²) in [5, 5.41) is 2.95. The van der Waals surface area contributed by atoms with E-state index in [4.69, 9.17) is 0 Å². The van der Waals surface area contributed by atoms with Crippen molar-refractivity contribution in [1.82, 2.24) is 4.90 Å². The Morgan fingerprint density at radius 2 is 1.34 bits per heavy atom. The summed E-state index contributed by atoms with van der Waals surface area (Å²) in [7, 11) is 0. The lowest BCUT2D eigenvalue weighted by Crippen LogP contribution is -2.32. The van der Waals surface area contributed by atoms with Crippen LogP contribution < -0.4 is 10.2 Å². The maximum atomic E-state index is 12.8. The minimum Gasteiger partial charge on any atom is -0.372 e. The van der Waals surface area contributed by atoms with Gasteiger partial charge in [-0.2, -0.15) is 0 Å². The van der Waals surface area contributed by atoms with Crippen molar-refractivity contribution in [2.24, 2.45) is 0 Å². The molecule has 0 aromatic heterocycles. The quantitative estimate of drug-likeness (QED) is 0.832. The van der Waals surface area contributed by atoms with Crippen molar-refractivity contribution in [3.63, 3.8) is 0 Å². The van der Waals surface area contributed by atoms with Gasteiger partial charge in [0.15, 0.2) is 0 Å². The maximum absolute atomic E-state index is 12.8. The first kappa shape index (κ1) is 19.5. The fourth-order valence-electron chi connectivity index (χ4n) is 4.18. The summed E-state index contributed by atoms with van der Waals surface area (Å²) in [6, 6.07) is 15.1. The van der Waals surface area contributed by atoms with Gasteiger partial charge < -0.3 is 15.1 Å². The number of nitrogens with one attached hydrogen (secondary N) is 1. The maximum Gasteiger partial charge on any atom is 0.255 e. The Labute approximate surface area is 172 Å². The minimum absolute atomic E-state index is 0.0246. The predicted octanol–water partition coefficient (Wildman–Crippen LogP) is 4.56. The zero-order valence-corrected chi connectivity index (χ0v) is 16.9. The Bertz CT molecular complexity index is 849. The number of amides is 2. The highest BCUT2D eigenvalue weighted by Gasteiger charge is 2.18. The molecular weight excluding hydrogens is 362 g/mol. The molecule has 2 fully saturated rings. The monoisotopic (exact) mass is 391 g/mol. The first-order chi connectivity index (χ1) is 14.2. The first-order valence-electron chi connectivity index (χ1n) is 10.8. The van der Waals surface area contributed by atoms with Crippen molar-refractivity contribution >= 4 is 23.2 Å². The van der Waals surface area contributed by atoms with Crippen LogP contribution in [0.25, 0.3) is 0 Å². The topological polar surface area (TPSA) is 52.7 Å². The molecule has 2 aromatic rings. The van der Waals surface area contributed by atoms with E-state index in [1.807, 2.05) is 17.0 Å². The third-order valence-electron chi connectivity index (χ3n) is 5.86. The number of likely N-dealkylation sites (tertiary alicyclic amines) is 1. The number of carbonyl (C=O) groups is 2. The van der Waals surface area contributed by atoms with Crippen LogP contribution in [-0.2, 0) is 0 Å². The van der Waals surface area contributed by atoms with E-state index in [0.29, 0.717) is 11.1 Å². The van der Waals surface area contributed by atoms with Crippen molar-refractivity contribution in [2.45, 2.75) is 38.5 Å². The van der Waals surface area contributed by atoms with Crippen LogP contribution in [0.2, 0.25) is 0 Å². The molecule has 5 nitrogen and oxygen atoms in total. The van der Waals surface area contributed by atoms with Gasteiger partial charge in [0.05, 0.1) is 0 Å². The van der Waals surface area contributed by atoms with Crippen LogP contribution in [0.4, 0.5) is 11.4 Å². The van der Waals surface area contributed by atoms with E-state index in [1.54, 1.807) is 24.3 Å². The lowest BCUT2D eigenvalue weighted by Gasteiger charge is -2.20. The van der Waals surface area contributed by atoms with Gasteiger partial charge in [-0.15, -0.1) is 0 Å². The molecule has 2 aliphatic rings. The van der Waals surface area contributed by atoms with Crippen LogP contribution in [0.5, 0.6) is 0 Å². The molecule has 152 valence electrons. The molecule has 0 spiro atoms. The number of hydrogen-bond acceptors (Lipinski definition) is 3. The van der Waals surface area contributed by atoms with Crippen LogP contribution in [0.1, 0.15) is 59.2 Å². The predicted molar refractivity (Wildman–Crippen MR) is 117 cm³/mol. The third-order valence-corrected chi connectivity index (χ3v) is 5.86. The van der Waals surface area contributed by atoms with Gasteiger partial charge in [0.2, 0.25) is 0 Å². The minimum atomic E-state index is -0.190. The molecular formula is C24H29N3O2. The molecule has 0 radical (unpaired) electrons. The Morgan fingerprint density at radius 1 is 0.724 bits per heavy atom. The molecule has 4 rings (SSSR count). The zero-order chi connectivity index (χ0) is 20.1. The van der Waals surface area contributed by atoms with Crippen LogP contribution >= 0.6 is 0 Å². The van der Waals surface area contributed by atoms with E-state index in [9.17, 15) is 9.59 Å². The molecule has 2 heterocycles. The molecule has 0 atom stereocenters. The Kier molecular flexibility index (Phi) is 6.13. The average molecular weight is 392 g/mol.